The monoisotopic (exact) mass is 318 g/mol. The van der Waals surface area contributed by atoms with Gasteiger partial charge in [0, 0.05) is 45.3 Å². The molecule has 0 bridgehead atoms. The molecular formula is C18H30N4O. The van der Waals surface area contributed by atoms with E-state index in [0.29, 0.717) is 6.10 Å². The van der Waals surface area contributed by atoms with Crippen molar-refractivity contribution in [2.24, 2.45) is 0 Å². The number of hydrogen-bond donors (Lipinski definition) is 0. The summed E-state index contributed by atoms with van der Waals surface area (Å²) < 4.78 is 5.73. The largest absolute Gasteiger partial charge is 0.378 e. The Kier molecular flexibility index (Phi) is 5.49. The van der Waals surface area contributed by atoms with Gasteiger partial charge in [-0.25, -0.2) is 9.97 Å². The van der Waals surface area contributed by atoms with E-state index in [9.17, 15) is 0 Å². The average molecular weight is 318 g/mol. The lowest BCUT2D eigenvalue weighted by Gasteiger charge is -2.23. The van der Waals surface area contributed by atoms with Crippen molar-refractivity contribution in [3.8, 4) is 0 Å². The second-order valence-corrected chi connectivity index (χ2v) is 7.02. The van der Waals surface area contributed by atoms with Gasteiger partial charge in [0.15, 0.2) is 0 Å². The highest BCUT2D eigenvalue weighted by Gasteiger charge is 2.20. The summed E-state index contributed by atoms with van der Waals surface area (Å²) in [6, 6.07) is 0. The van der Waals surface area contributed by atoms with Crippen molar-refractivity contribution >= 4 is 5.82 Å². The highest BCUT2D eigenvalue weighted by Crippen LogP contribution is 2.24. The first-order chi connectivity index (χ1) is 11.1. The Balaban J connectivity index is 1.67. The van der Waals surface area contributed by atoms with Crippen LogP contribution in [-0.2, 0) is 17.6 Å². The molecule has 1 aromatic heterocycles. The second-order valence-electron chi connectivity index (χ2n) is 7.02. The SMILES string of the molecule is Cc1nc2c(c(N(C)CCC[C@@H]3CCCO3)n1)CCN(C)CC2. The van der Waals surface area contributed by atoms with Crippen LogP contribution in [0.25, 0.3) is 0 Å². The highest BCUT2D eigenvalue weighted by molar-refractivity contribution is 5.49. The Hall–Kier alpha value is -1.20. The Morgan fingerprint density at radius 3 is 2.87 bits per heavy atom. The van der Waals surface area contributed by atoms with Crippen molar-refractivity contribution in [2.75, 3.05) is 45.2 Å². The van der Waals surface area contributed by atoms with Crippen LogP contribution in [0.15, 0.2) is 0 Å². The zero-order valence-electron chi connectivity index (χ0n) is 14.8. The lowest BCUT2D eigenvalue weighted by molar-refractivity contribution is 0.103. The first-order valence-electron chi connectivity index (χ1n) is 9.01. The molecule has 1 atom stereocenters. The molecule has 3 heterocycles. The molecule has 0 saturated carbocycles. The number of aryl methyl sites for hydroxylation is 1. The summed E-state index contributed by atoms with van der Waals surface area (Å²) in [6.45, 7) is 6.19. The number of nitrogens with zero attached hydrogens (tertiary/aromatic N) is 4. The van der Waals surface area contributed by atoms with Crippen LogP contribution in [-0.4, -0.2) is 61.3 Å². The summed E-state index contributed by atoms with van der Waals surface area (Å²) in [5, 5.41) is 0. The summed E-state index contributed by atoms with van der Waals surface area (Å²) in [7, 11) is 4.36. The van der Waals surface area contributed by atoms with Gasteiger partial charge in [0.1, 0.15) is 11.6 Å². The van der Waals surface area contributed by atoms with Crippen molar-refractivity contribution in [3.63, 3.8) is 0 Å². The van der Waals surface area contributed by atoms with E-state index in [0.717, 1.165) is 50.7 Å². The topological polar surface area (TPSA) is 41.5 Å². The summed E-state index contributed by atoms with van der Waals surface area (Å²) in [4.78, 5) is 14.2. The lowest BCUT2D eigenvalue weighted by atomic mass is 10.1. The zero-order valence-corrected chi connectivity index (χ0v) is 14.8. The van der Waals surface area contributed by atoms with E-state index >= 15 is 0 Å². The molecule has 23 heavy (non-hydrogen) atoms. The Morgan fingerprint density at radius 1 is 1.26 bits per heavy atom. The van der Waals surface area contributed by atoms with Gasteiger partial charge < -0.3 is 14.5 Å². The van der Waals surface area contributed by atoms with E-state index in [-0.39, 0.29) is 0 Å². The molecule has 0 N–H and O–H groups in total. The van der Waals surface area contributed by atoms with Crippen molar-refractivity contribution in [1.82, 2.24) is 14.9 Å². The Labute approximate surface area is 140 Å². The van der Waals surface area contributed by atoms with Crippen molar-refractivity contribution in [2.45, 2.75) is 51.6 Å². The fourth-order valence-electron chi connectivity index (χ4n) is 3.66. The molecule has 0 radical (unpaired) electrons. The molecule has 0 aromatic carbocycles. The summed E-state index contributed by atoms with van der Waals surface area (Å²) >= 11 is 0. The molecule has 0 amide bonds. The van der Waals surface area contributed by atoms with Crippen LogP contribution >= 0.6 is 0 Å². The molecule has 1 saturated heterocycles. The van der Waals surface area contributed by atoms with Crippen LogP contribution in [0.4, 0.5) is 5.82 Å². The molecule has 1 aromatic rings. The number of likely N-dealkylation sites (N-methyl/N-ethyl adjacent to an activating group) is 1. The second kappa shape index (κ2) is 7.58. The third kappa shape index (κ3) is 4.21. The van der Waals surface area contributed by atoms with Crippen LogP contribution in [0.3, 0.4) is 0 Å². The molecular weight excluding hydrogens is 288 g/mol. The van der Waals surface area contributed by atoms with Gasteiger partial charge in [0.25, 0.3) is 0 Å². The standard InChI is InChI=1S/C18H30N4O/c1-14-19-17-9-12-21(2)11-8-16(17)18(20-14)22(3)10-4-6-15-7-5-13-23-15/h15H,4-13H2,1-3H3/t15-/m1/s1. The van der Waals surface area contributed by atoms with Gasteiger partial charge in [0.2, 0.25) is 0 Å². The normalized spacial score (nSPS) is 22.0. The number of ether oxygens (including phenoxy) is 1. The van der Waals surface area contributed by atoms with Gasteiger partial charge in [-0.15, -0.1) is 0 Å². The van der Waals surface area contributed by atoms with Gasteiger partial charge in [-0.2, -0.15) is 0 Å². The van der Waals surface area contributed by atoms with E-state index in [1.54, 1.807) is 0 Å². The van der Waals surface area contributed by atoms with Gasteiger partial charge in [-0.05, 0) is 46.1 Å². The van der Waals surface area contributed by atoms with Crippen molar-refractivity contribution in [3.05, 3.63) is 17.1 Å². The molecule has 3 rings (SSSR count). The van der Waals surface area contributed by atoms with E-state index in [2.05, 4.69) is 23.9 Å². The maximum Gasteiger partial charge on any atom is 0.135 e. The number of aromatic nitrogens is 2. The third-order valence-electron chi connectivity index (χ3n) is 5.06. The molecule has 0 aliphatic carbocycles. The van der Waals surface area contributed by atoms with E-state index in [1.165, 1.54) is 36.9 Å². The van der Waals surface area contributed by atoms with Crippen LogP contribution in [0.1, 0.15) is 42.8 Å². The van der Waals surface area contributed by atoms with E-state index < -0.39 is 0 Å². The number of rotatable bonds is 5. The minimum atomic E-state index is 0.487. The van der Waals surface area contributed by atoms with E-state index in [4.69, 9.17) is 14.7 Å². The number of fused-ring (bicyclic) bond motifs is 1. The Bertz CT molecular complexity index is 528. The molecule has 5 heteroatoms. The van der Waals surface area contributed by atoms with Gasteiger partial charge in [-0.3, -0.25) is 0 Å². The predicted octanol–water partition coefficient (Wildman–Crippen LogP) is 2.21. The molecule has 128 valence electrons. The lowest BCUT2D eigenvalue weighted by Crippen LogP contribution is -2.24. The van der Waals surface area contributed by atoms with Crippen LogP contribution in [0.2, 0.25) is 0 Å². The maximum absolute atomic E-state index is 5.73. The van der Waals surface area contributed by atoms with Gasteiger partial charge in [-0.1, -0.05) is 0 Å². The first-order valence-corrected chi connectivity index (χ1v) is 9.01. The molecule has 2 aliphatic rings. The van der Waals surface area contributed by atoms with Crippen molar-refractivity contribution in [1.29, 1.82) is 0 Å². The van der Waals surface area contributed by atoms with Gasteiger partial charge in [0.05, 0.1) is 11.8 Å². The molecule has 0 unspecified atom stereocenters. The third-order valence-corrected chi connectivity index (χ3v) is 5.06. The van der Waals surface area contributed by atoms with Crippen LogP contribution < -0.4 is 4.90 Å². The zero-order chi connectivity index (χ0) is 16.2. The smallest absolute Gasteiger partial charge is 0.135 e. The molecule has 1 fully saturated rings. The summed E-state index contributed by atoms with van der Waals surface area (Å²) in [6.07, 6.45) is 7.37. The first kappa shape index (κ1) is 16.7. The summed E-state index contributed by atoms with van der Waals surface area (Å²) in [5.74, 6) is 2.05. The number of hydrogen-bond acceptors (Lipinski definition) is 5. The van der Waals surface area contributed by atoms with Crippen LogP contribution in [0, 0.1) is 6.92 Å². The van der Waals surface area contributed by atoms with Crippen LogP contribution in [0.5, 0.6) is 0 Å². The van der Waals surface area contributed by atoms with E-state index in [1.807, 2.05) is 6.92 Å². The highest BCUT2D eigenvalue weighted by atomic mass is 16.5. The quantitative estimate of drug-likeness (QED) is 0.832. The minimum Gasteiger partial charge on any atom is -0.378 e. The van der Waals surface area contributed by atoms with Gasteiger partial charge >= 0.3 is 0 Å². The molecule has 0 spiro atoms. The minimum absolute atomic E-state index is 0.487. The predicted molar refractivity (Wildman–Crippen MR) is 93.2 cm³/mol. The van der Waals surface area contributed by atoms with Crippen molar-refractivity contribution < 1.29 is 4.74 Å². The maximum atomic E-state index is 5.73. The summed E-state index contributed by atoms with van der Waals surface area (Å²) in [5.41, 5.74) is 2.61. The molecule has 2 aliphatic heterocycles. The Morgan fingerprint density at radius 2 is 2.09 bits per heavy atom. The fraction of sp³-hybridized carbons (Fsp3) is 0.778. The fourth-order valence-corrected chi connectivity index (χ4v) is 3.66. The average Bonchev–Trinajstić information content (AvgIpc) is 2.97. The molecule has 5 nitrogen and oxygen atoms in total. The number of anilines is 1.